The molecule has 0 aliphatic heterocycles. The van der Waals surface area contributed by atoms with Gasteiger partial charge in [-0.15, -0.1) is 0 Å². The maximum atomic E-state index is 3.47. The van der Waals surface area contributed by atoms with Gasteiger partial charge in [-0.2, -0.15) is 0 Å². The Labute approximate surface area is 63.1 Å². The Balaban J connectivity index is -0.0000000450. The van der Waals surface area contributed by atoms with Gasteiger partial charge in [0.05, 0.1) is 0 Å². The summed E-state index contributed by atoms with van der Waals surface area (Å²) in [5, 5.41) is 0. The Kier molecular flexibility index (Phi) is 43.4. The number of allylic oxidation sites excluding steroid dienone is 1. The van der Waals surface area contributed by atoms with Crippen LogP contribution in [-0.2, 0) is 21.1 Å². The van der Waals surface area contributed by atoms with Crippen molar-refractivity contribution in [3.05, 3.63) is 12.7 Å². The first-order valence-corrected chi connectivity index (χ1v) is 2.56. The third kappa shape index (κ3) is 19.7. The Bertz CT molecular complexity index is 22.8. The summed E-state index contributed by atoms with van der Waals surface area (Å²) in [5.74, 6) is 0. The first-order valence-electron chi connectivity index (χ1n) is 1.03. The van der Waals surface area contributed by atoms with Crippen molar-refractivity contribution < 1.29 is 45.9 Å². The fraction of sp³-hybridized carbons (Fsp3) is 0.333. The van der Waals surface area contributed by atoms with Crippen LogP contribution >= 0.6 is 0 Å². The molecular formula is C3H5AuCl2. The number of rotatable bonds is 1. The van der Waals surface area contributed by atoms with Gasteiger partial charge in [-0.3, -0.25) is 0 Å². The smallest absolute Gasteiger partial charge is 1.00 e. The van der Waals surface area contributed by atoms with Gasteiger partial charge in [-0.05, 0) is 0 Å². The van der Waals surface area contributed by atoms with E-state index in [4.69, 9.17) is 0 Å². The molecule has 0 bridgehead atoms. The van der Waals surface area contributed by atoms with E-state index in [2.05, 4.69) is 27.6 Å². The molecule has 0 aliphatic carbocycles. The molecule has 3 heteroatoms. The van der Waals surface area contributed by atoms with Crippen LogP contribution in [0.4, 0.5) is 0 Å². The molecular weight excluding hydrogens is 304 g/mol. The topological polar surface area (TPSA) is 0 Å². The molecule has 0 saturated heterocycles. The van der Waals surface area contributed by atoms with Crippen molar-refractivity contribution >= 4 is 0 Å². The molecule has 0 heterocycles. The maximum Gasteiger partial charge on any atom is -1.00 e. The molecule has 0 unspecified atom stereocenters. The van der Waals surface area contributed by atoms with Crippen LogP contribution in [0, 0.1) is 0 Å². The van der Waals surface area contributed by atoms with E-state index in [1.54, 1.807) is 0 Å². The molecule has 0 aromatic carbocycles. The van der Waals surface area contributed by atoms with Crippen LogP contribution in [-0.4, -0.2) is 0 Å². The standard InChI is InChI=1S/C3H5.Au.2ClH/c1-3-2;;;/h3H,1-2H2;;2*1H/q;+2;;/p-2. The fourth-order valence-electron chi connectivity index (χ4n) is 0. The van der Waals surface area contributed by atoms with Crippen molar-refractivity contribution in [3.8, 4) is 0 Å². The summed E-state index contributed by atoms with van der Waals surface area (Å²) in [5.41, 5.74) is 0. The van der Waals surface area contributed by atoms with Gasteiger partial charge < -0.3 is 24.8 Å². The van der Waals surface area contributed by atoms with Gasteiger partial charge in [-0.25, -0.2) is 0 Å². The van der Waals surface area contributed by atoms with E-state index in [9.17, 15) is 0 Å². The van der Waals surface area contributed by atoms with Crippen LogP contribution in [0.3, 0.4) is 0 Å². The van der Waals surface area contributed by atoms with Gasteiger partial charge in [0.1, 0.15) is 0 Å². The molecule has 0 rings (SSSR count). The number of halogens is 2. The summed E-state index contributed by atoms with van der Waals surface area (Å²) in [6, 6.07) is 0. The summed E-state index contributed by atoms with van der Waals surface area (Å²) in [6.45, 7) is 3.47. The van der Waals surface area contributed by atoms with Crippen LogP contribution < -0.4 is 24.8 Å². The summed E-state index contributed by atoms with van der Waals surface area (Å²) in [4.78, 5) is 0. The van der Waals surface area contributed by atoms with E-state index >= 15 is 0 Å². The maximum absolute atomic E-state index is 3.47. The van der Waals surface area contributed by atoms with Crippen molar-refractivity contribution in [1.29, 1.82) is 0 Å². The molecule has 0 radical (unpaired) electrons. The van der Waals surface area contributed by atoms with Crippen LogP contribution in [0.1, 0.15) is 0 Å². The van der Waals surface area contributed by atoms with Gasteiger partial charge in [0, 0.05) is 0 Å². The molecule has 0 nitrogen and oxygen atoms in total. The normalized spacial score (nSPS) is 4.33. The summed E-state index contributed by atoms with van der Waals surface area (Å²) >= 11 is 2.38. The van der Waals surface area contributed by atoms with E-state index < -0.39 is 0 Å². The largest absolute Gasteiger partial charge is 1.00 e. The van der Waals surface area contributed by atoms with Gasteiger partial charge in [0.25, 0.3) is 0 Å². The minimum Gasteiger partial charge on any atom is -1.00 e. The zero-order chi connectivity index (χ0) is 3.41. The minimum absolute atomic E-state index is 0. The first-order chi connectivity index (χ1) is 1.91. The van der Waals surface area contributed by atoms with Crippen molar-refractivity contribution in [2.75, 3.05) is 0 Å². The van der Waals surface area contributed by atoms with E-state index in [0.717, 1.165) is 4.64 Å². The molecule has 0 saturated carbocycles. The SMILES string of the molecule is C=C[CH2][Au+2].[Cl-].[Cl-]. The van der Waals surface area contributed by atoms with E-state index in [1.165, 1.54) is 0 Å². The van der Waals surface area contributed by atoms with E-state index in [-0.39, 0.29) is 24.8 Å². The second kappa shape index (κ2) is 16.6. The van der Waals surface area contributed by atoms with Crippen LogP contribution in [0.2, 0.25) is 4.64 Å². The first kappa shape index (κ1) is 15.7. The number of hydrogen-bond donors (Lipinski definition) is 0. The predicted molar refractivity (Wildman–Crippen MR) is 15.0 cm³/mol. The van der Waals surface area contributed by atoms with Crippen LogP contribution in [0.5, 0.6) is 0 Å². The molecule has 0 aromatic rings. The Morgan fingerprint density at radius 3 is 1.67 bits per heavy atom. The van der Waals surface area contributed by atoms with E-state index in [0.29, 0.717) is 0 Å². The van der Waals surface area contributed by atoms with Crippen molar-refractivity contribution in [2.24, 2.45) is 0 Å². The van der Waals surface area contributed by atoms with Gasteiger partial charge in [0.2, 0.25) is 0 Å². The van der Waals surface area contributed by atoms with Crippen LogP contribution in [0.15, 0.2) is 12.7 Å². The molecule has 0 fully saturated rings. The summed E-state index contributed by atoms with van der Waals surface area (Å²) in [7, 11) is 0. The summed E-state index contributed by atoms with van der Waals surface area (Å²) < 4.78 is 1.03. The fourth-order valence-corrected chi connectivity index (χ4v) is 0. The molecule has 0 amide bonds. The Morgan fingerprint density at radius 1 is 1.50 bits per heavy atom. The molecule has 0 N–H and O–H groups in total. The minimum atomic E-state index is 0. The second-order valence-electron chi connectivity index (χ2n) is 0.412. The molecule has 0 aliphatic rings. The second-order valence-corrected chi connectivity index (χ2v) is 1.30. The van der Waals surface area contributed by atoms with Gasteiger partial charge in [0.15, 0.2) is 0 Å². The van der Waals surface area contributed by atoms with E-state index in [1.807, 2.05) is 6.08 Å². The van der Waals surface area contributed by atoms with Gasteiger partial charge in [-0.1, -0.05) is 0 Å². The van der Waals surface area contributed by atoms with Crippen LogP contribution in [0.25, 0.3) is 0 Å². The average molecular weight is 309 g/mol. The Hall–Kier alpha value is 1.06. The van der Waals surface area contributed by atoms with Crippen molar-refractivity contribution in [2.45, 2.75) is 4.64 Å². The monoisotopic (exact) mass is 308 g/mol. The Morgan fingerprint density at radius 2 is 1.67 bits per heavy atom. The molecule has 42 valence electrons. The average Bonchev–Trinajstić information content (AvgIpc) is 1.37. The predicted octanol–water partition coefficient (Wildman–Crippen LogP) is -4.85. The third-order valence-electron chi connectivity index (χ3n) is 0.0870. The molecule has 0 atom stereocenters. The molecule has 6 heavy (non-hydrogen) atoms. The van der Waals surface area contributed by atoms with Crippen molar-refractivity contribution in [3.63, 3.8) is 0 Å². The van der Waals surface area contributed by atoms with Gasteiger partial charge >= 0.3 is 38.4 Å². The van der Waals surface area contributed by atoms with Crippen molar-refractivity contribution in [1.82, 2.24) is 0 Å². The zero-order valence-electron chi connectivity index (χ0n) is 3.05. The summed E-state index contributed by atoms with van der Waals surface area (Å²) in [6.07, 6.45) is 1.85. The molecule has 0 aromatic heterocycles. The molecule has 0 spiro atoms. The zero-order valence-corrected chi connectivity index (χ0v) is 6.73. The quantitative estimate of drug-likeness (QED) is 0.337. The third-order valence-corrected chi connectivity index (χ3v) is 0.712. The number of hydrogen-bond acceptors (Lipinski definition) is 0.